The van der Waals surface area contributed by atoms with Gasteiger partial charge in [-0.2, -0.15) is 0 Å². The highest BCUT2D eigenvalue weighted by Gasteiger charge is 2.24. The van der Waals surface area contributed by atoms with Crippen LogP contribution in [-0.4, -0.2) is 36.5 Å². The number of rotatable bonds is 3. The lowest BCUT2D eigenvalue weighted by atomic mass is 10.2. The minimum atomic E-state index is -0.287. The minimum Gasteiger partial charge on any atom is -0.364 e. The molecule has 0 bridgehead atoms. The largest absolute Gasteiger partial charge is 0.364 e. The molecular weight excluding hydrogens is 340 g/mol. The first-order valence-electron chi connectivity index (χ1n) is 8.03. The van der Waals surface area contributed by atoms with Gasteiger partial charge in [0.05, 0.1) is 23.7 Å². The molecule has 1 aliphatic carbocycles. The first kappa shape index (κ1) is 15.8. The number of urea groups is 1. The van der Waals surface area contributed by atoms with Gasteiger partial charge in [-0.15, -0.1) is 0 Å². The van der Waals surface area contributed by atoms with Crippen LogP contribution in [-0.2, 0) is 0 Å². The second-order valence-electron chi connectivity index (χ2n) is 5.92. The molecule has 1 fully saturated rings. The van der Waals surface area contributed by atoms with Crippen LogP contribution in [0.2, 0.25) is 0 Å². The number of amides is 2. The van der Waals surface area contributed by atoms with Crippen molar-refractivity contribution in [1.82, 2.24) is 24.4 Å². The van der Waals surface area contributed by atoms with Crippen molar-refractivity contribution in [1.29, 1.82) is 0 Å². The van der Waals surface area contributed by atoms with Gasteiger partial charge in [0.15, 0.2) is 5.65 Å². The maximum Gasteiger partial charge on any atom is 0.333 e. The predicted molar refractivity (Wildman–Crippen MR) is 94.9 cm³/mol. The van der Waals surface area contributed by atoms with Gasteiger partial charge in [0, 0.05) is 6.04 Å². The van der Waals surface area contributed by atoms with Crippen molar-refractivity contribution in [2.45, 2.75) is 31.7 Å². The number of nitrogens with one attached hydrogen (secondary N) is 1. The Hall–Kier alpha value is -2.68. The fourth-order valence-electron chi connectivity index (χ4n) is 2.92. The Morgan fingerprint density at radius 3 is 2.84 bits per heavy atom. The molecular formula is C16H16N6O2S. The van der Waals surface area contributed by atoms with Crippen molar-refractivity contribution >= 4 is 35.8 Å². The molecule has 25 heavy (non-hydrogen) atoms. The molecule has 9 heteroatoms. The highest BCUT2D eigenvalue weighted by atomic mass is 32.1. The van der Waals surface area contributed by atoms with Crippen LogP contribution in [0.5, 0.6) is 0 Å². The Kier molecular flexibility index (Phi) is 4.22. The van der Waals surface area contributed by atoms with E-state index >= 15 is 0 Å². The molecule has 128 valence electrons. The van der Waals surface area contributed by atoms with E-state index < -0.39 is 0 Å². The molecule has 1 N–H and O–H groups in total. The molecule has 0 saturated heterocycles. The van der Waals surface area contributed by atoms with Crippen molar-refractivity contribution in [2.75, 3.05) is 5.32 Å². The molecule has 2 amide bonds. The molecule has 3 aromatic rings. The molecule has 3 aromatic heterocycles. The third kappa shape index (κ3) is 3.27. The van der Waals surface area contributed by atoms with Crippen LogP contribution in [0.3, 0.4) is 0 Å². The van der Waals surface area contributed by atoms with Gasteiger partial charge in [-0.3, -0.25) is 14.6 Å². The van der Waals surface area contributed by atoms with Gasteiger partial charge in [-0.1, -0.05) is 30.8 Å². The molecule has 1 aliphatic rings. The summed E-state index contributed by atoms with van der Waals surface area (Å²) >= 11 is 4.33. The number of carbonyl (C=O) groups is 1. The number of anilines is 1. The third-order valence-electron chi connectivity index (χ3n) is 4.25. The normalized spacial score (nSPS) is 14.8. The van der Waals surface area contributed by atoms with Gasteiger partial charge in [-0.05, 0) is 25.0 Å². The minimum absolute atomic E-state index is 0.170. The van der Waals surface area contributed by atoms with Crippen LogP contribution in [0.1, 0.15) is 25.7 Å². The topological polar surface area (TPSA) is 97.0 Å². The first-order chi connectivity index (χ1) is 12.2. The number of thiol groups is 1. The van der Waals surface area contributed by atoms with Crippen LogP contribution < -0.4 is 5.32 Å². The number of nitrogens with zero attached hydrogens (tertiary/aromatic N) is 5. The molecule has 1 saturated carbocycles. The summed E-state index contributed by atoms with van der Waals surface area (Å²) in [4.78, 5) is 25.5. The van der Waals surface area contributed by atoms with Gasteiger partial charge in [0.25, 0.3) is 0 Å². The highest BCUT2D eigenvalue weighted by Crippen LogP contribution is 2.25. The van der Waals surface area contributed by atoms with Crippen molar-refractivity contribution in [2.24, 2.45) is 0 Å². The summed E-state index contributed by atoms with van der Waals surface area (Å²) in [5, 5.41) is 6.42. The van der Waals surface area contributed by atoms with E-state index in [1.807, 2.05) is 0 Å². The molecule has 0 atom stereocenters. The number of hydrogen-bond donors (Lipinski definition) is 2. The van der Waals surface area contributed by atoms with E-state index in [1.54, 1.807) is 24.5 Å². The Balaban J connectivity index is 1.56. The maximum absolute atomic E-state index is 12.3. The summed E-state index contributed by atoms with van der Waals surface area (Å²) in [6.45, 7) is 0. The molecule has 3 heterocycles. The number of fused-ring (bicyclic) bond motifs is 1. The summed E-state index contributed by atoms with van der Waals surface area (Å²) in [5.74, 6) is 0.409. The predicted octanol–water partition coefficient (Wildman–Crippen LogP) is 3.30. The van der Waals surface area contributed by atoms with Crippen LogP contribution >= 0.6 is 12.8 Å². The van der Waals surface area contributed by atoms with E-state index in [0.29, 0.717) is 28.2 Å². The van der Waals surface area contributed by atoms with Crippen LogP contribution in [0.15, 0.2) is 35.3 Å². The van der Waals surface area contributed by atoms with Gasteiger partial charge in [0.2, 0.25) is 0 Å². The van der Waals surface area contributed by atoms with E-state index in [9.17, 15) is 4.79 Å². The highest BCUT2D eigenvalue weighted by molar-refractivity contribution is 7.78. The summed E-state index contributed by atoms with van der Waals surface area (Å²) in [6, 6.07) is 3.35. The second kappa shape index (κ2) is 6.67. The average molecular weight is 356 g/mol. The zero-order valence-electron chi connectivity index (χ0n) is 13.3. The standard InChI is InChI=1S/C16H16N6O2S/c23-16(22(25)11-3-1-2-4-11)21-14-6-5-12-15(20-14)19-13(8-17-12)10-7-18-24-9-10/h5-9,11,25H,1-4H2,(H,19,20,21,23). The Bertz CT molecular complexity index is 895. The molecule has 0 unspecified atom stereocenters. The lowest BCUT2D eigenvalue weighted by Crippen LogP contribution is -2.34. The van der Waals surface area contributed by atoms with Crippen molar-refractivity contribution in [3.63, 3.8) is 0 Å². The lowest BCUT2D eigenvalue weighted by Gasteiger charge is -2.22. The smallest absolute Gasteiger partial charge is 0.333 e. The van der Waals surface area contributed by atoms with Crippen LogP contribution in [0.25, 0.3) is 22.4 Å². The molecule has 0 spiro atoms. The van der Waals surface area contributed by atoms with Gasteiger partial charge in [-0.25, -0.2) is 14.8 Å². The number of hydrogen-bond acceptors (Lipinski definition) is 7. The zero-order chi connectivity index (χ0) is 17.2. The first-order valence-corrected chi connectivity index (χ1v) is 8.43. The van der Waals surface area contributed by atoms with E-state index in [0.717, 1.165) is 25.7 Å². The molecule has 4 rings (SSSR count). The number of carbonyl (C=O) groups excluding carboxylic acids is 1. The lowest BCUT2D eigenvalue weighted by molar-refractivity contribution is 0.230. The average Bonchev–Trinajstić information content (AvgIpc) is 3.34. The van der Waals surface area contributed by atoms with Crippen LogP contribution in [0, 0.1) is 0 Å². The van der Waals surface area contributed by atoms with Crippen molar-refractivity contribution < 1.29 is 9.32 Å². The maximum atomic E-state index is 12.3. The summed E-state index contributed by atoms with van der Waals surface area (Å²) in [6.07, 6.45) is 8.90. The molecule has 0 aromatic carbocycles. The Morgan fingerprint density at radius 2 is 2.08 bits per heavy atom. The van der Waals surface area contributed by atoms with Gasteiger partial charge in [0.1, 0.15) is 17.6 Å². The van der Waals surface area contributed by atoms with Crippen molar-refractivity contribution in [3.05, 3.63) is 30.8 Å². The second-order valence-corrected chi connectivity index (χ2v) is 6.35. The summed E-state index contributed by atoms with van der Waals surface area (Å²) < 4.78 is 6.28. The van der Waals surface area contributed by atoms with Crippen molar-refractivity contribution in [3.8, 4) is 11.3 Å². The molecule has 0 aliphatic heterocycles. The number of pyridine rings is 1. The van der Waals surface area contributed by atoms with Crippen LogP contribution in [0.4, 0.5) is 10.6 Å². The van der Waals surface area contributed by atoms with E-state index in [4.69, 9.17) is 4.52 Å². The van der Waals surface area contributed by atoms with E-state index in [-0.39, 0.29) is 12.1 Å². The Morgan fingerprint density at radius 1 is 1.24 bits per heavy atom. The monoisotopic (exact) mass is 356 g/mol. The third-order valence-corrected chi connectivity index (χ3v) is 4.76. The number of aromatic nitrogens is 4. The molecule has 8 nitrogen and oxygen atoms in total. The van der Waals surface area contributed by atoms with E-state index in [2.05, 4.69) is 38.2 Å². The Labute approximate surface area is 149 Å². The zero-order valence-corrected chi connectivity index (χ0v) is 14.2. The quantitative estimate of drug-likeness (QED) is 0.699. The summed E-state index contributed by atoms with van der Waals surface area (Å²) in [5.41, 5.74) is 2.39. The fourth-order valence-corrected chi connectivity index (χ4v) is 3.20. The van der Waals surface area contributed by atoms with E-state index in [1.165, 1.54) is 10.6 Å². The SMILES string of the molecule is O=C(Nc1ccc2ncc(-c3cnoc3)nc2n1)N(S)C1CCCC1. The van der Waals surface area contributed by atoms with Gasteiger partial charge >= 0.3 is 6.03 Å². The fraction of sp³-hybridized carbons (Fsp3) is 0.312. The molecule has 0 radical (unpaired) electrons. The summed E-state index contributed by atoms with van der Waals surface area (Å²) in [7, 11) is 0. The van der Waals surface area contributed by atoms with Gasteiger partial charge < -0.3 is 4.52 Å².